The first-order valence-corrected chi connectivity index (χ1v) is 13.9. The van der Waals surface area contributed by atoms with Gasteiger partial charge in [-0.25, -0.2) is 0 Å². The van der Waals surface area contributed by atoms with E-state index >= 15 is 0 Å². The van der Waals surface area contributed by atoms with E-state index in [0.29, 0.717) is 35.8 Å². The minimum absolute atomic E-state index is 0.0364. The summed E-state index contributed by atoms with van der Waals surface area (Å²) in [6, 6.07) is 11.7. The highest BCUT2D eigenvalue weighted by Crippen LogP contribution is 2.37. The van der Waals surface area contributed by atoms with Crippen LogP contribution < -0.4 is 20.3 Å². The number of carbonyl (C=O) groups is 1. The number of fused-ring (bicyclic) bond motifs is 1. The topological polar surface area (TPSA) is 97.3 Å². The van der Waals surface area contributed by atoms with Crippen LogP contribution in [0.2, 0.25) is 0 Å². The Balaban J connectivity index is 1.59. The molecule has 1 aliphatic heterocycles. The molecule has 216 valence electrons. The molecule has 4 heterocycles. The molecule has 3 aromatic heterocycles. The standard InChI is InChI=1S/C32H38N4O5/c1-19-13-20(2)34-32(38)28(19)17-33-31(37)27-15-24-14-23(26-8-7-25(39-5)16-29(26)40-6)18-36(24)30(21(27)3)22(4)35-9-11-41-12-10-35/h7-8,13-16,18,22H,9-12,17H2,1-6H3,(H,33,37)(H,34,38). The molecule has 1 atom stereocenters. The maximum absolute atomic E-state index is 13.7. The molecule has 1 aromatic carbocycles. The molecule has 41 heavy (non-hydrogen) atoms. The lowest BCUT2D eigenvalue weighted by Crippen LogP contribution is -2.39. The fourth-order valence-corrected chi connectivity index (χ4v) is 5.81. The van der Waals surface area contributed by atoms with Gasteiger partial charge in [0.15, 0.2) is 0 Å². The number of morpholine rings is 1. The van der Waals surface area contributed by atoms with Crippen LogP contribution in [0.15, 0.2) is 47.4 Å². The number of carbonyl (C=O) groups excluding carboxylic acids is 1. The second kappa shape index (κ2) is 11.8. The van der Waals surface area contributed by atoms with E-state index < -0.39 is 0 Å². The van der Waals surface area contributed by atoms with Gasteiger partial charge in [0.1, 0.15) is 11.5 Å². The second-order valence-electron chi connectivity index (χ2n) is 10.6. The Morgan fingerprint density at radius 3 is 2.51 bits per heavy atom. The fourth-order valence-electron chi connectivity index (χ4n) is 5.81. The molecule has 1 fully saturated rings. The van der Waals surface area contributed by atoms with E-state index in [9.17, 15) is 9.59 Å². The number of hydrogen-bond acceptors (Lipinski definition) is 6. The lowest BCUT2D eigenvalue weighted by Gasteiger charge is -2.34. The molecular weight excluding hydrogens is 520 g/mol. The second-order valence-corrected chi connectivity index (χ2v) is 10.6. The van der Waals surface area contributed by atoms with Gasteiger partial charge in [-0.05, 0) is 69.2 Å². The molecular formula is C32H38N4O5. The molecule has 0 radical (unpaired) electrons. The number of benzene rings is 1. The number of hydrogen-bond donors (Lipinski definition) is 2. The zero-order chi connectivity index (χ0) is 29.3. The Kier molecular flexibility index (Phi) is 8.19. The van der Waals surface area contributed by atoms with E-state index in [0.717, 1.165) is 52.2 Å². The van der Waals surface area contributed by atoms with Gasteiger partial charge in [0.05, 0.1) is 27.4 Å². The molecule has 0 aliphatic carbocycles. The van der Waals surface area contributed by atoms with Crippen molar-refractivity contribution in [1.29, 1.82) is 0 Å². The van der Waals surface area contributed by atoms with Crippen molar-refractivity contribution in [2.45, 2.75) is 40.3 Å². The minimum Gasteiger partial charge on any atom is -0.497 e. The van der Waals surface area contributed by atoms with Crippen molar-refractivity contribution in [3.8, 4) is 22.6 Å². The molecule has 5 rings (SSSR count). The number of aromatic amines is 1. The molecule has 9 heteroatoms. The largest absolute Gasteiger partial charge is 0.497 e. The molecule has 1 saturated heterocycles. The highest BCUT2D eigenvalue weighted by molar-refractivity contribution is 5.97. The summed E-state index contributed by atoms with van der Waals surface area (Å²) in [4.78, 5) is 31.4. The number of ether oxygens (including phenoxy) is 3. The smallest absolute Gasteiger partial charge is 0.253 e. The number of methoxy groups -OCH3 is 2. The average Bonchev–Trinajstić information content (AvgIpc) is 3.39. The van der Waals surface area contributed by atoms with Gasteiger partial charge in [0.2, 0.25) is 0 Å². The summed E-state index contributed by atoms with van der Waals surface area (Å²) in [5.74, 6) is 1.20. The van der Waals surface area contributed by atoms with Crippen molar-refractivity contribution in [2.24, 2.45) is 0 Å². The van der Waals surface area contributed by atoms with Crippen LogP contribution in [0.4, 0.5) is 0 Å². The average molecular weight is 559 g/mol. The minimum atomic E-state index is -0.218. The molecule has 0 saturated carbocycles. The van der Waals surface area contributed by atoms with E-state index in [1.165, 1.54) is 0 Å². The van der Waals surface area contributed by atoms with Gasteiger partial charge >= 0.3 is 0 Å². The SMILES string of the molecule is COc1ccc(-c2cc3cc(C(=O)NCc4c(C)cc(C)[nH]c4=O)c(C)c(C(C)N4CCOCC4)n3c2)c(OC)c1. The monoisotopic (exact) mass is 558 g/mol. The normalized spacial score (nSPS) is 14.7. The van der Waals surface area contributed by atoms with Gasteiger partial charge < -0.3 is 28.9 Å². The molecule has 0 spiro atoms. The number of rotatable bonds is 8. The highest BCUT2D eigenvalue weighted by atomic mass is 16.5. The molecule has 0 bridgehead atoms. The van der Waals surface area contributed by atoms with Crippen molar-refractivity contribution in [2.75, 3.05) is 40.5 Å². The number of aryl methyl sites for hydroxylation is 2. The number of pyridine rings is 2. The summed E-state index contributed by atoms with van der Waals surface area (Å²) in [7, 11) is 3.28. The molecule has 9 nitrogen and oxygen atoms in total. The van der Waals surface area contributed by atoms with Crippen molar-refractivity contribution in [3.05, 3.63) is 86.6 Å². The lowest BCUT2D eigenvalue weighted by atomic mass is 10.0. The number of nitrogens with one attached hydrogen (secondary N) is 2. The lowest BCUT2D eigenvalue weighted by molar-refractivity contribution is 0.0187. The summed E-state index contributed by atoms with van der Waals surface area (Å²) in [6.45, 7) is 11.0. The summed E-state index contributed by atoms with van der Waals surface area (Å²) >= 11 is 0. The van der Waals surface area contributed by atoms with Gasteiger partial charge in [0.25, 0.3) is 11.5 Å². The molecule has 1 amide bonds. The van der Waals surface area contributed by atoms with E-state index in [-0.39, 0.29) is 24.1 Å². The predicted octanol–water partition coefficient (Wildman–Crippen LogP) is 4.56. The van der Waals surface area contributed by atoms with E-state index in [2.05, 4.69) is 38.8 Å². The summed E-state index contributed by atoms with van der Waals surface area (Å²) in [5, 5.41) is 3.00. The number of nitrogens with zero attached hydrogens (tertiary/aromatic N) is 2. The van der Waals surface area contributed by atoms with Crippen molar-refractivity contribution >= 4 is 11.4 Å². The van der Waals surface area contributed by atoms with Gasteiger partial charge in [-0.2, -0.15) is 0 Å². The summed E-state index contributed by atoms with van der Waals surface area (Å²) < 4.78 is 18.9. The van der Waals surface area contributed by atoms with Crippen LogP contribution in [-0.4, -0.2) is 60.7 Å². The van der Waals surface area contributed by atoms with Crippen LogP contribution >= 0.6 is 0 Å². The van der Waals surface area contributed by atoms with Crippen LogP contribution in [0.5, 0.6) is 11.5 Å². The first-order chi connectivity index (χ1) is 19.7. The van der Waals surface area contributed by atoms with E-state index in [4.69, 9.17) is 14.2 Å². The third-order valence-corrected chi connectivity index (χ3v) is 8.06. The maximum Gasteiger partial charge on any atom is 0.253 e. The maximum atomic E-state index is 13.7. The van der Waals surface area contributed by atoms with Gasteiger partial charge in [0, 0.05) is 77.1 Å². The van der Waals surface area contributed by atoms with Crippen LogP contribution in [0, 0.1) is 20.8 Å². The Bertz CT molecular complexity index is 1650. The van der Waals surface area contributed by atoms with Crippen LogP contribution in [0.1, 0.15) is 51.4 Å². The van der Waals surface area contributed by atoms with Crippen LogP contribution in [0.25, 0.3) is 16.6 Å². The quantitative estimate of drug-likeness (QED) is 0.329. The Morgan fingerprint density at radius 1 is 1.07 bits per heavy atom. The molecule has 4 aromatic rings. The number of aromatic nitrogens is 2. The zero-order valence-electron chi connectivity index (χ0n) is 24.6. The van der Waals surface area contributed by atoms with Gasteiger partial charge in [-0.3, -0.25) is 14.5 Å². The predicted molar refractivity (Wildman–Crippen MR) is 159 cm³/mol. The zero-order valence-corrected chi connectivity index (χ0v) is 24.6. The fraction of sp³-hybridized carbons (Fsp3) is 0.375. The Labute approximate surface area is 240 Å². The Hall–Kier alpha value is -4.08. The summed E-state index contributed by atoms with van der Waals surface area (Å²) in [5.41, 5.74) is 7.34. The van der Waals surface area contributed by atoms with Crippen molar-refractivity contribution in [3.63, 3.8) is 0 Å². The molecule has 2 N–H and O–H groups in total. The number of H-pyrrole nitrogens is 1. The van der Waals surface area contributed by atoms with Crippen molar-refractivity contribution < 1.29 is 19.0 Å². The molecule has 1 aliphatic rings. The first-order valence-electron chi connectivity index (χ1n) is 13.9. The first kappa shape index (κ1) is 28.4. The third kappa shape index (κ3) is 5.60. The molecule has 1 unspecified atom stereocenters. The number of amides is 1. The third-order valence-electron chi connectivity index (χ3n) is 8.06. The van der Waals surface area contributed by atoms with Crippen LogP contribution in [0.3, 0.4) is 0 Å². The van der Waals surface area contributed by atoms with Gasteiger partial charge in [-0.15, -0.1) is 0 Å². The van der Waals surface area contributed by atoms with Gasteiger partial charge in [-0.1, -0.05) is 0 Å². The van der Waals surface area contributed by atoms with E-state index in [1.807, 2.05) is 51.1 Å². The van der Waals surface area contributed by atoms with Crippen LogP contribution in [-0.2, 0) is 11.3 Å². The highest BCUT2D eigenvalue weighted by Gasteiger charge is 2.26. The summed E-state index contributed by atoms with van der Waals surface area (Å²) in [6.07, 6.45) is 2.11. The van der Waals surface area contributed by atoms with E-state index in [1.54, 1.807) is 14.2 Å². The van der Waals surface area contributed by atoms with Crippen molar-refractivity contribution in [1.82, 2.24) is 19.6 Å². The Morgan fingerprint density at radius 2 is 1.83 bits per heavy atom.